The van der Waals surface area contributed by atoms with Crippen molar-refractivity contribution in [2.24, 2.45) is 0 Å². The largest absolute Gasteiger partial charge is 0.481 e. The van der Waals surface area contributed by atoms with Gasteiger partial charge in [-0.05, 0) is 38.6 Å². The SMILES string of the molecule is Cc1ccc(NC(=O)C(C)N(C)CCC(=O)O)cc1F.Cl. The third-order valence-electron chi connectivity index (χ3n) is 3.16. The maximum atomic E-state index is 13.4. The molecule has 0 saturated heterocycles. The van der Waals surface area contributed by atoms with Gasteiger partial charge >= 0.3 is 5.97 Å². The van der Waals surface area contributed by atoms with E-state index in [1.807, 2.05) is 0 Å². The van der Waals surface area contributed by atoms with E-state index in [4.69, 9.17) is 5.11 Å². The normalized spacial score (nSPS) is 11.7. The van der Waals surface area contributed by atoms with Crippen LogP contribution in [0.15, 0.2) is 18.2 Å². The Labute approximate surface area is 129 Å². The van der Waals surface area contributed by atoms with Crippen LogP contribution < -0.4 is 5.32 Å². The molecular formula is C14H20ClFN2O3. The fourth-order valence-corrected chi connectivity index (χ4v) is 1.58. The van der Waals surface area contributed by atoms with Crippen LogP contribution in [0.3, 0.4) is 0 Å². The van der Waals surface area contributed by atoms with E-state index in [2.05, 4.69) is 5.32 Å². The Balaban J connectivity index is 0.00000400. The molecule has 0 aliphatic carbocycles. The van der Waals surface area contributed by atoms with Crippen LogP contribution in [0.25, 0.3) is 0 Å². The molecule has 0 heterocycles. The first kappa shape index (κ1) is 19.3. The number of rotatable bonds is 6. The Bertz CT molecular complexity index is 511. The second-order valence-corrected chi connectivity index (χ2v) is 4.75. The fraction of sp³-hybridized carbons (Fsp3) is 0.429. The van der Waals surface area contributed by atoms with Crippen LogP contribution in [0.5, 0.6) is 0 Å². The van der Waals surface area contributed by atoms with Gasteiger partial charge in [-0.15, -0.1) is 12.4 Å². The average molecular weight is 319 g/mol. The molecule has 1 amide bonds. The minimum absolute atomic E-state index is 0. The average Bonchev–Trinajstić information content (AvgIpc) is 2.39. The summed E-state index contributed by atoms with van der Waals surface area (Å²) in [6.45, 7) is 3.58. The Morgan fingerprint density at radius 3 is 2.57 bits per heavy atom. The number of carbonyl (C=O) groups is 2. The number of carboxylic acid groups (broad SMARTS) is 1. The van der Waals surface area contributed by atoms with E-state index in [0.717, 1.165) is 0 Å². The van der Waals surface area contributed by atoms with Gasteiger partial charge in [0, 0.05) is 12.2 Å². The highest BCUT2D eigenvalue weighted by atomic mass is 35.5. The Kier molecular flexibility index (Phi) is 7.91. The van der Waals surface area contributed by atoms with Crippen molar-refractivity contribution in [1.82, 2.24) is 4.90 Å². The van der Waals surface area contributed by atoms with Gasteiger partial charge in [0.05, 0.1) is 12.5 Å². The molecule has 0 saturated carbocycles. The summed E-state index contributed by atoms with van der Waals surface area (Å²) < 4.78 is 13.4. The van der Waals surface area contributed by atoms with E-state index < -0.39 is 12.0 Å². The number of nitrogens with one attached hydrogen (secondary N) is 1. The van der Waals surface area contributed by atoms with Gasteiger partial charge in [-0.3, -0.25) is 14.5 Å². The molecule has 0 fully saturated rings. The van der Waals surface area contributed by atoms with Gasteiger partial charge in [-0.1, -0.05) is 6.07 Å². The molecule has 1 atom stereocenters. The number of benzene rings is 1. The Morgan fingerprint density at radius 1 is 1.43 bits per heavy atom. The van der Waals surface area contributed by atoms with Crippen molar-refractivity contribution in [3.63, 3.8) is 0 Å². The predicted molar refractivity (Wildman–Crippen MR) is 81.4 cm³/mol. The highest BCUT2D eigenvalue weighted by molar-refractivity contribution is 5.94. The molecule has 21 heavy (non-hydrogen) atoms. The van der Waals surface area contributed by atoms with Crippen LogP contribution in [0.4, 0.5) is 10.1 Å². The summed E-state index contributed by atoms with van der Waals surface area (Å²) in [6.07, 6.45) is -0.0344. The highest BCUT2D eigenvalue weighted by Gasteiger charge is 2.18. The third-order valence-corrected chi connectivity index (χ3v) is 3.16. The Hall–Kier alpha value is -1.66. The molecule has 0 spiro atoms. The van der Waals surface area contributed by atoms with Crippen molar-refractivity contribution in [1.29, 1.82) is 0 Å². The van der Waals surface area contributed by atoms with Crippen LogP contribution in [-0.4, -0.2) is 41.5 Å². The number of carboxylic acids is 1. The molecule has 0 radical (unpaired) electrons. The van der Waals surface area contributed by atoms with Crippen molar-refractivity contribution in [3.8, 4) is 0 Å². The Morgan fingerprint density at radius 2 is 2.05 bits per heavy atom. The first-order valence-electron chi connectivity index (χ1n) is 6.30. The number of likely N-dealkylation sites (N-methyl/N-ethyl adjacent to an activating group) is 1. The molecule has 1 unspecified atom stereocenters. The summed E-state index contributed by atoms with van der Waals surface area (Å²) in [7, 11) is 1.67. The quantitative estimate of drug-likeness (QED) is 0.844. The number of anilines is 1. The number of aliphatic carboxylic acids is 1. The molecule has 1 rings (SSSR count). The number of amides is 1. The minimum atomic E-state index is -0.912. The van der Waals surface area contributed by atoms with Gasteiger partial charge < -0.3 is 10.4 Å². The zero-order chi connectivity index (χ0) is 15.3. The zero-order valence-corrected chi connectivity index (χ0v) is 13.0. The first-order chi connectivity index (χ1) is 9.31. The summed E-state index contributed by atoms with van der Waals surface area (Å²) >= 11 is 0. The van der Waals surface area contributed by atoms with Crippen LogP contribution in [-0.2, 0) is 9.59 Å². The van der Waals surface area contributed by atoms with Crippen LogP contribution in [0, 0.1) is 12.7 Å². The van der Waals surface area contributed by atoms with Gasteiger partial charge in [-0.25, -0.2) is 4.39 Å². The van der Waals surface area contributed by atoms with Crippen LogP contribution >= 0.6 is 12.4 Å². The second-order valence-electron chi connectivity index (χ2n) is 4.75. The minimum Gasteiger partial charge on any atom is -0.481 e. The van der Waals surface area contributed by atoms with Crippen molar-refractivity contribution >= 4 is 30.0 Å². The number of halogens is 2. The lowest BCUT2D eigenvalue weighted by Crippen LogP contribution is -2.40. The van der Waals surface area contributed by atoms with Crippen molar-refractivity contribution in [2.75, 3.05) is 18.9 Å². The molecule has 5 nitrogen and oxygen atoms in total. The summed E-state index contributed by atoms with van der Waals surface area (Å²) in [5.74, 6) is -1.60. The summed E-state index contributed by atoms with van der Waals surface area (Å²) in [5.41, 5.74) is 0.895. The van der Waals surface area contributed by atoms with Gasteiger partial charge in [-0.2, -0.15) is 0 Å². The molecular weight excluding hydrogens is 299 g/mol. The lowest BCUT2D eigenvalue weighted by atomic mass is 10.2. The fourth-order valence-electron chi connectivity index (χ4n) is 1.58. The number of nitrogens with zero attached hydrogens (tertiary/aromatic N) is 1. The highest BCUT2D eigenvalue weighted by Crippen LogP contribution is 2.14. The van der Waals surface area contributed by atoms with Crippen molar-refractivity contribution < 1.29 is 19.1 Å². The molecule has 0 aliphatic rings. The summed E-state index contributed by atoms with van der Waals surface area (Å²) in [6, 6.07) is 3.97. The van der Waals surface area contributed by atoms with E-state index in [0.29, 0.717) is 11.3 Å². The van der Waals surface area contributed by atoms with Gasteiger partial charge in [0.15, 0.2) is 0 Å². The molecule has 2 N–H and O–H groups in total. The second kappa shape index (κ2) is 8.59. The number of aryl methyl sites for hydroxylation is 1. The van der Waals surface area contributed by atoms with Gasteiger partial charge in [0.2, 0.25) is 5.91 Å². The van der Waals surface area contributed by atoms with Gasteiger partial charge in [0.1, 0.15) is 5.82 Å². The molecule has 1 aromatic carbocycles. The molecule has 0 aliphatic heterocycles. The topological polar surface area (TPSA) is 69.6 Å². The maximum Gasteiger partial charge on any atom is 0.304 e. The zero-order valence-electron chi connectivity index (χ0n) is 12.2. The van der Waals surface area contributed by atoms with Gasteiger partial charge in [0.25, 0.3) is 0 Å². The van der Waals surface area contributed by atoms with E-state index in [1.165, 1.54) is 6.07 Å². The van der Waals surface area contributed by atoms with Crippen molar-refractivity contribution in [2.45, 2.75) is 26.3 Å². The van der Waals surface area contributed by atoms with E-state index in [-0.39, 0.29) is 37.1 Å². The maximum absolute atomic E-state index is 13.4. The van der Waals surface area contributed by atoms with E-state index in [1.54, 1.807) is 37.9 Å². The first-order valence-corrected chi connectivity index (χ1v) is 6.30. The molecule has 1 aromatic rings. The monoisotopic (exact) mass is 318 g/mol. The number of carbonyl (C=O) groups excluding carboxylic acids is 1. The molecule has 0 aromatic heterocycles. The molecule has 0 bridgehead atoms. The van der Waals surface area contributed by atoms with E-state index in [9.17, 15) is 14.0 Å². The molecule has 7 heteroatoms. The smallest absolute Gasteiger partial charge is 0.304 e. The number of hydrogen-bond donors (Lipinski definition) is 2. The summed E-state index contributed by atoms with van der Waals surface area (Å²) in [4.78, 5) is 24.1. The van der Waals surface area contributed by atoms with Crippen LogP contribution in [0.2, 0.25) is 0 Å². The predicted octanol–water partition coefficient (Wildman–Crippen LogP) is 2.29. The molecule has 118 valence electrons. The lowest BCUT2D eigenvalue weighted by molar-refractivity contribution is -0.137. The lowest BCUT2D eigenvalue weighted by Gasteiger charge is -2.23. The standard InChI is InChI=1S/C14H19FN2O3.ClH/c1-9-4-5-11(8-12(9)15)16-14(20)10(2)17(3)7-6-13(18)19;/h4-5,8,10H,6-7H2,1-3H3,(H,16,20)(H,18,19);1H. The summed E-state index contributed by atoms with van der Waals surface area (Å²) in [5, 5.41) is 11.2. The van der Waals surface area contributed by atoms with Crippen molar-refractivity contribution in [3.05, 3.63) is 29.6 Å². The third kappa shape index (κ3) is 6.10. The van der Waals surface area contributed by atoms with Crippen LogP contribution in [0.1, 0.15) is 18.9 Å². The number of hydrogen-bond acceptors (Lipinski definition) is 3. The van der Waals surface area contributed by atoms with E-state index >= 15 is 0 Å².